The number of piperidine rings is 1. The molecule has 240 valence electrons. The Balaban J connectivity index is 0.00000461. The molecular formula is C35H36Cl5NO4. The summed E-state index contributed by atoms with van der Waals surface area (Å²) < 4.78 is 24.7. The zero-order valence-corrected chi connectivity index (χ0v) is 28.4. The van der Waals surface area contributed by atoms with Crippen LogP contribution < -0.4 is 10.1 Å². The topological polar surface area (TPSA) is 49.0 Å². The molecule has 1 heterocycles. The van der Waals surface area contributed by atoms with Gasteiger partial charge in [-0.2, -0.15) is 0 Å². The fraction of sp³-hybridized carbons (Fsp3) is 0.314. The highest BCUT2D eigenvalue weighted by Crippen LogP contribution is 2.33. The maximum atomic E-state index is 6.48. The molecule has 1 saturated heterocycles. The van der Waals surface area contributed by atoms with Gasteiger partial charge in [0.15, 0.2) is 0 Å². The van der Waals surface area contributed by atoms with Crippen LogP contribution in [0, 0.1) is 0 Å². The largest absolute Gasteiger partial charge is 0.494 e. The molecule has 0 spiro atoms. The van der Waals surface area contributed by atoms with Crippen molar-refractivity contribution in [3.63, 3.8) is 0 Å². The number of rotatable bonds is 14. The standard InChI is InChI=1S/C35H35Cl4NO4.ClH/c36-28-13-25(14-29(37)17-28)22-43-33-19-40-20-34(44-23-26-15-30(38)18-31(39)16-26)35(33)27-7-9-32(10-8-27)42-12-4-11-41-21-24-5-2-1-3-6-24;/h1-3,5-10,13-18,33-35,40H,4,11-12,19-23H2;1H/t33-,34+,35-;. The maximum Gasteiger partial charge on any atom is 0.119 e. The monoisotopic (exact) mass is 709 g/mol. The zero-order chi connectivity index (χ0) is 30.7. The lowest BCUT2D eigenvalue weighted by Gasteiger charge is -2.39. The Hall–Kier alpha value is -2.03. The van der Waals surface area contributed by atoms with Crippen molar-refractivity contribution in [2.24, 2.45) is 0 Å². The minimum atomic E-state index is -0.164. The third-order valence-corrected chi connectivity index (χ3v) is 8.22. The van der Waals surface area contributed by atoms with Crippen LogP contribution in [0.25, 0.3) is 0 Å². The van der Waals surface area contributed by atoms with Crippen LogP contribution in [0.15, 0.2) is 91.0 Å². The molecule has 0 aliphatic carbocycles. The van der Waals surface area contributed by atoms with E-state index in [4.69, 9.17) is 65.4 Å². The Kier molecular flexibility index (Phi) is 14.6. The summed E-state index contributed by atoms with van der Waals surface area (Å²) in [4.78, 5) is 0. The number of hydrogen-bond acceptors (Lipinski definition) is 5. The average molecular weight is 712 g/mol. The molecule has 1 N–H and O–H groups in total. The summed E-state index contributed by atoms with van der Waals surface area (Å²) in [5, 5.41) is 5.79. The number of nitrogens with one attached hydrogen (secondary N) is 1. The Morgan fingerprint density at radius 3 is 1.67 bits per heavy atom. The maximum absolute atomic E-state index is 6.48. The average Bonchev–Trinajstić information content (AvgIpc) is 3.01. The lowest BCUT2D eigenvalue weighted by molar-refractivity contribution is -0.0650. The van der Waals surface area contributed by atoms with Gasteiger partial charge < -0.3 is 24.3 Å². The first kappa shape index (κ1) is 35.8. The van der Waals surface area contributed by atoms with Gasteiger partial charge in [0.25, 0.3) is 0 Å². The van der Waals surface area contributed by atoms with Crippen LogP contribution in [-0.4, -0.2) is 38.5 Å². The normalized spacial score (nSPS) is 17.9. The first-order chi connectivity index (χ1) is 21.4. The molecule has 0 saturated carbocycles. The van der Waals surface area contributed by atoms with E-state index in [1.54, 1.807) is 12.1 Å². The van der Waals surface area contributed by atoms with E-state index in [1.165, 1.54) is 5.56 Å². The van der Waals surface area contributed by atoms with E-state index in [0.717, 1.165) is 28.9 Å². The van der Waals surface area contributed by atoms with Gasteiger partial charge in [-0.05, 0) is 70.8 Å². The molecule has 1 fully saturated rings. The minimum Gasteiger partial charge on any atom is -0.494 e. The summed E-state index contributed by atoms with van der Waals surface area (Å²) in [7, 11) is 0. The number of halogens is 5. The highest BCUT2D eigenvalue weighted by atomic mass is 35.5. The van der Waals surface area contributed by atoms with E-state index < -0.39 is 0 Å². The van der Waals surface area contributed by atoms with Crippen LogP contribution in [0.4, 0.5) is 0 Å². The smallest absolute Gasteiger partial charge is 0.119 e. The second-order valence-electron chi connectivity index (χ2n) is 10.7. The van der Waals surface area contributed by atoms with Gasteiger partial charge in [0, 0.05) is 45.5 Å². The Bertz CT molecular complexity index is 1370. The fourth-order valence-electron chi connectivity index (χ4n) is 5.31. The predicted molar refractivity (Wildman–Crippen MR) is 186 cm³/mol. The highest BCUT2D eigenvalue weighted by Gasteiger charge is 2.36. The van der Waals surface area contributed by atoms with E-state index in [9.17, 15) is 0 Å². The number of hydrogen-bond donors (Lipinski definition) is 1. The van der Waals surface area contributed by atoms with Gasteiger partial charge in [0.1, 0.15) is 5.75 Å². The molecular weight excluding hydrogens is 676 g/mol. The molecule has 1 aliphatic rings. The van der Waals surface area contributed by atoms with Crippen molar-refractivity contribution in [1.82, 2.24) is 5.32 Å². The fourth-order valence-corrected chi connectivity index (χ4v) is 6.45. The molecule has 3 atom stereocenters. The molecule has 45 heavy (non-hydrogen) atoms. The van der Waals surface area contributed by atoms with Crippen molar-refractivity contribution in [2.75, 3.05) is 26.3 Å². The van der Waals surface area contributed by atoms with Gasteiger partial charge >= 0.3 is 0 Å². The molecule has 0 aromatic heterocycles. The van der Waals surface area contributed by atoms with E-state index in [-0.39, 0.29) is 30.5 Å². The Labute approximate surface area is 291 Å². The highest BCUT2D eigenvalue weighted by molar-refractivity contribution is 6.35. The predicted octanol–water partition coefficient (Wildman–Crippen LogP) is 9.57. The molecule has 1 aliphatic heterocycles. The van der Waals surface area contributed by atoms with Crippen molar-refractivity contribution in [2.45, 2.75) is 44.4 Å². The molecule has 4 aromatic carbocycles. The van der Waals surface area contributed by atoms with Crippen LogP contribution in [0.5, 0.6) is 5.75 Å². The van der Waals surface area contributed by atoms with Crippen LogP contribution in [0.1, 0.15) is 34.6 Å². The summed E-state index contributed by atoms with van der Waals surface area (Å²) in [5.41, 5.74) is 4.09. The van der Waals surface area contributed by atoms with Gasteiger partial charge in [0.05, 0.1) is 45.2 Å². The molecule has 0 amide bonds. The number of ether oxygens (including phenoxy) is 4. The second-order valence-corrected chi connectivity index (χ2v) is 12.5. The first-order valence-electron chi connectivity index (χ1n) is 14.6. The second kappa shape index (κ2) is 18.3. The van der Waals surface area contributed by atoms with Crippen LogP contribution in [0.3, 0.4) is 0 Å². The van der Waals surface area contributed by atoms with E-state index >= 15 is 0 Å². The van der Waals surface area contributed by atoms with Crippen LogP contribution in [-0.2, 0) is 34.0 Å². The molecule has 0 radical (unpaired) electrons. The summed E-state index contributed by atoms with van der Waals surface area (Å²) in [5.74, 6) is 0.767. The van der Waals surface area contributed by atoms with E-state index in [0.29, 0.717) is 66.2 Å². The van der Waals surface area contributed by atoms with Crippen molar-refractivity contribution < 1.29 is 18.9 Å². The Morgan fingerprint density at radius 2 is 1.13 bits per heavy atom. The van der Waals surface area contributed by atoms with Gasteiger partial charge in [-0.15, -0.1) is 12.4 Å². The third-order valence-electron chi connectivity index (χ3n) is 7.34. The van der Waals surface area contributed by atoms with Crippen molar-refractivity contribution in [3.05, 3.63) is 133 Å². The lowest BCUT2D eigenvalue weighted by atomic mass is 9.85. The van der Waals surface area contributed by atoms with E-state index in [2.05, 4.69) is 29.6 Å². The lowest BCUT2D eigenvalue weighted by Crippen LogP contribution is -2.50. The summed E-state index contributed by atoms with van der Waals surface area (Å²) >= 11 is 24.9. The summed E-state index contributed by atoms with van der Waals surface area (Å²) in [6, 6.07) is 29.3. The molecule has 10 heteroatoms. The minimum absolute atomic E-state index is 0. The van der Waals surface area contributed by atoms with Crippen molar-refractivity contribution in [3.8, 4) is 5.75 Å². The van der Waals surface area contributed by atoms with Crippen LogP contribution in [0.2, 0.25) is 20.1 Å². The SMILES string of the molecule is Cl.Clc1cc(Cl)cc(CO[C@H]2CNC[C@@H](OCc3cc(Cl)cc(Cl)c3)[C@H]2c2ccc(OCCCOCc3ccccc3)cc2)c1. The van der Waals surface area contributed by atoms with Gasteiger partial charge in [-0.25, -0.2) is 0 Å². The van der Waals surface area contributed by atoms with Crippen molar-refractivity contribution >= 4 is 58.8 Å². The molecule has 5 rings (SSSR count). The van der Waals surface area contributed by atoms with E-state index in [1.807, 2.05) is 54.6 Å². The van der Waals surface area contributed by atoms with Crippen molar-refractivity contribution in [1.29, 1.82) is 0 Å². The molecule has 5 nitrogen and oxygen atoms in total. The van der Waals surface area contributed by atoms with Crippen LogP contribution >= 0.6 is 58.8 Å². The quantitative estimate of drug-likeness (QED) is 0.132. The Morgan fingerprint density at radius 1 is 0.600 bits per heavy atom. The zero-order valence-electron chi connectivity index (χ0n) is 24.6. The number of benzene rings is 4. The van der Waals surface area contributed by atoms with Gasteiger partial charge in [0.2, 0.25) is 0 Å². The first-order valence-corrected chi connectivity index (χ1v) is 16.1. The summed E-state index contributed by atoms with van der Waals surface area (Å²) in [6.07, 6.45) is 0.474. The molecule has 4 aromatic rings. The molecule has 0 unspecified atom stereocenters. The summed E-state index contributed by atoms with van der Waals surface area (Å²) in [6.45, 7) is 3.89. The third kappa shape index (κ3) is 11.3. The molecule has 0 bridgehead atoms. The van der Waals surface area contributed by atoms with Gasteiger partial charge in [-0.3, -0.25) is 0 Å². The van der Waals surface area contributed by atoms with Gasteiger partial charge in [-0.1, -0.05) is 88.9 Å².